The van der Waals surface area contributed by atoms with Gasteiger partial charge in [-0.2, -0.15) is 15.0 Å². The van der Waals surface area contributed by atoms with E-state index in [-0.39, 0.29) is 43.5 Å². The van der Waals surface area contributed by atoms with Crippen LogP contribution in [0.4, 0.5) is 11.9 Å². The van der Waals surface area contributed by atoms with Gasteiger partial charge in [-0.3, -0.25) is 14.5 Å². The molecular formula is C17H27N7O4S. The number of nitrogens with zero attached hydrogens (tertiary/aromatic N) is 6. The van der Waals surface area contributed by atoms with Crippen molar-refractivity contribution in [1.82, 2.24) is 24.6 Å². The zero-order valence-electron chi connectivity index (χ0n) is 16.8. The van der Waals surface area contributed by atoms with Crippen molar-refractivity contribution in [2.45, 2.75) is 38.6 Å². The molecule has 1 N–H and O–H groups in total. The Morgan fingerprint density at radius 1 is 1.00 bits per heavy atom. The Kier molecular flexibility index (Phi) is 6.63. The van der Waals surface area contributed by atoms with Gasteiger partial charge in [0.2, 0.25) is 33.7 Å². The monoisotopic (exact) mass is 425 g/mol. The maximum absolute atomic E-state index is 12.4. The number of nitrogens with one attached hydrogen (secondary N) is 1. The third-order valence-corrected chi connectivity index (χ3v) is 6.17. The fourth-order valence-electron chi connectivity index (χ4n) is 3.24. The quantitative estimate of drug-likeness (QED) is 0.548. The summed E-state index contributed by atoms with van der Waals surface area (Å²) >= 11 is 0. The van der Waals surface area contributed by atoms with Crippen LogP contribution in [0, 0.1) is 0 Å². The zero-order valence-corrected chi connectivity index (χ0v) is 17.6. The Balaban J connectivity index is 1.64. The molecule has 1 aromatic rings. The van der Waals surface area contributed by atoms with Crippen molar-refractivity contribution in [3.8, 4) is 0 Å². The van der Waals surface area contributed by atoms with Gasteiger partial charge < -0.3 is 9.80 Å². The molecule has 0 spiro atoms. The second-order valence-corrected chi connectivity index (χ2v) is 9.30. The summed E-state index contributed by atoms with van der Waals surface area (Å²) in [6, 6.07) is 0. The first-order chi connectivity index (χ1) is 13.7. The number of piperidine rings is 1. The molecule has 0 unspecified atom stereocenters. The molecule has 2 fully saturated rings. The van der Waals surface area contributed by atoms with Crippen LogP contribution in [-0.4, -0.2) is 79.6 Å². The molecule has 3 heterocycles. The molecule has 2 saturated heterocycles. The Labute approximate surface area is 170 Å². The van der Waals surface area contributed by atoms with Gasteiger partial charge in [-0.1, -0.05) is 0 Å². The highest BCUT2D eigenvalue weighted by molar-refractivity contribution is 7.89. The van der Waals surface area contributed by atoms with Crippen molar-refractivity contribution in [1.29, 1.82) is 0 Å². The van der Waals surface area contributed by atoms with E-state index in [1.165, 1.54) is 0 Å². The molecule has 0 aromatic carbocycles. The van der Waals surface area contributed by atoms with Crippen LogP contribution in [0.3, 0.4) is 0 Å². The summed E-state index contributed by atoms with van der Waals surface area (Å²) in [5.41, 5.74) is 0. The lowest BCUT2D eigenvalue weighted by molar-refractivity contribution is -0.147. The Bertz CT molecular complexity index is 853. The second-order valence-electron chi connectivity index (χ2n) is 7.37. The molecule has 160 valence electrons. The number of carbonyl (C=O) groups excluding carboxylic acids is 2. The molecule has 0 bridgehead atoms. The lowest BCUT2D eigenvalue weighted by Gasteiger charge is -2.24. The molecule has 2 amide bonds. The molecule has 0 atom stereocenters. The van der Waals surface area contributed by atoms with E-state index in [1.54, 1.807) is 4.90 Å². The van der Waals surface area contributed by atoms with Crippen molar-refractivity contribution >= 4 is 33.7 Å². The average molecular weight is 426 g/mol. The van der Waals surface area contributed by atoms with Gasteiger partial charge in [0, 0.05) is 46.6 Å². The third kappa shape index (κ3) is 5.60. The first-order valence-corrected chi connectivity index (χ1v) is 11.4. The molecule has 0 aliphatic carbocycles. The highest BCUT2D eigenvalue weighted by Gasteiger charge is 2.27. The van der Waals surface area contributed by atoms with E-state index >= 15 is 0 Å². The fraction of sp³-hybridized carbons (Fsp3) is 0.706. The van der Waals surface area contributed by atoms with Gasteiger partial charge in [0.25, 0.3) is 0 Å². The number of rotatable bonds is 8. The largest absolute Gasteiger partial charge is 0.347 e. The van der Waals surface area contributed by atoms with E-state index < -0.39 is 10.0 Å². The van der Waals surface area contributed by atoms with Crippen LogP contribution < -0.4 is 14.5 Å². The number of anilines is 2. The van der Waals surface area contributed by atoms with Crippen LogP contribution in [0.2, 0.25) is 0 Å². The molecule has 2 aliphatic heterocycles. The lowest BCUT2D eigenvalue weighted by Crippen LogP contribution is -2.44. The molecule has 29 heavy (non-hydrogen) atoms. The summed E-state index contributed by atoms with van der Waals surface area (Å²) in [5, 5.41) is 0. The van der Waals surface area contributed by atoms with Gasteiger partial charge in [0.15, 0.2) is 5.82 Å². The summed E-state index contributed by atoms with van der Waals surface area (Å²) in [6.07, 6.45) is 3.21. The standard InChI is InChI=1S/C17H27N7O4S/c1-22(2)16-19-13(20-17(21-16)23-8-3-4-9-23)12-18-29(27,28)11-10-24-14(25)6-5-7-15(24)26/h18H,3-12H2,1-2H3. The summed E-state index contributed by atoms with van der Waals surface area (Å²) in [6.45, 7) is 1.49. The summed E-state index contributed by atoms with van der Waals surface area (Å²) < 4.78 is 27.2. The Morgan fingerprint density at radius 3 is 2.28 bits per heavy atom. The van der Waals surface area contributed by atoms with E-state index in [9.17, 15) is 18.0 Å². The van der Waals surface area contributed by atoms with Gasteiger partial charge in [0.05, 0.1) is 12.3 Å². The number of aromatic nitrogens is 3. The van der Waals surface area contributed by atoms with Crippen LogP contribution >= 0.6 is 0 Å². The van der Waals surface area contributed by atoms with Gasteiger partial charge >= 0.3 is 0 Å². The van der Waals surface area contributed by atoms with Gasteiger partial charge in [0.1, 0.15) is 0 Å². The molecule has 0 saturated carbocycles. The summed E-state index contributed by atoms with van der Waals surface area (Å²) in [4.78, 5) is 41.6. The van der Waals surface area contributed by atoms with E-state index in [4.69, 9.17) is 0 Å². The molecule has 1 aromatic heterocycles. The van der Waals surface area contributed by atoms with E-state index in [1.807, 2.05) is 14.1 Å². The van der Waals surface area contributed by atoms with Crippen LogP contribution in [0.15, 0.2) is 0 Å². The van der Waals surface area contributed by atoms with Crippen LogP contribution in [0.5, 0.6) is 0 Å². The minimum absolute atomic E-state index is 0.0889. The molecule has 2 aliphatic rings. The molecular weight excluding hydrogens is 398 g/mol. The van der Waals surface area contributed by atoms with Crippen molar-refractivity contribution < 1.29 is 18.0 Å². The predicted octanol–water partition coefficient (Wildman–Crippen LogP) is -0.504. The number of hydrogen-bond donors (Lipinski definition) is 1. The molecule has 3 rings (SSSR count). The van der Waals surface area contributed by atoms with Crippen molar-refractivity contribution in [2.24, 2.45) is 0 Å². The molecule has 11 nitrogen and oxygen atoms in total. The lowest BCUT2D eigenvalue weighted by atomic mass is 10.1. The highest BCUT2D eigenvalue weighted by Crippen LogP contribution is 2.18. The maximum Gasteiger partial charge on any atom is 0.230 e. The van der Waals surface area contributed by atoms with Crippen molar-refractivity contribution in [3.05, 3.63) is 5.82 Å². The predicted molar refractivity (Wildman–Crippen MR) is 107 cm³/mol. The Morgan fingerprint density at radius 2 is 1.66 bits per heavy atom. The first kappa shape index (κ1) is 21.4. The van der Waals surface area contributed by atoms with Crippen LogP contribution in [0.25, 0.3) is 0 Å². The number of likely N-dealkylation sites (tertiary alicyclic amines) is 1. The smallest absolute Gasteiger partial charge is 0.230 e. The SMILES string of the molecule is CN(C)c1nc(CNS(=O)(=O)CCN2C(=O)CCCC2=O)nc(N2CCCC2)n1. The van der Waals surface area contributed by atoms with Crippen molar-refractivity contribution in [2.75, 3.05) is 49.3 Å². The second kappa shape index (κ2) is 8.99. The Hall–Kier alpha value is -2.34. The highest BCUT2D eigenvalue weighted by atomic mass is 32.2. The van der Waals surface area contributed by atoms with Gasteiger partial charge in [-0.15, -0.1) is 0 Å². The normalized spacial score (nSPS) is 17.9. The van der Waals surface area contributed by atoms with E-state index in [0.717, 1.165) is 30.8 Å². The topological polar surface area (TPSA) is 129 Å². The maximum atomic E-state index is 12.4. The van der Waals surface area contributed by atoms with Crippen molar-refractivity contribution in [3.63, 3.8) is 0 Å². The number of amides is 2. The fourth-order valence-corrected chi connectivity index (χ4v) is 4.16. The number of sulfonamides is 1. The summed E-state index contributed by atoms with van der Waals surface area (Å²) in [5.74, 6) is 0.328. The third-order valence-electron chi connectivity index (χ3n) is 4.86. The van der Waals surface area contributed by atoms with Gasteiger partial charge in [-0.25, -0.2) is 13.1 Å². The minimum Gasteiger partial charge on any atom is -0.347 e. The van der Waals surface area contributed by atoms with E-state index in [0.29, 0.717) is 24.1 Å². The summed E-state index contributed by atoms with van der Waals surface area (Å²) in [7, 11) is -0.0963. The number of hydrogen-bond acceptors (Lipinski definition) is 9. The van der Waals surface area contributed by atoms with Crippen LogP contribution in [0.1, 0.15) is 37.9 Å². The van der Waals surface area contributed by atoms with E-state index in [2.05, 4.69) is 24.6 Å². The average Bonchev–Trinajstić information content (AvgIpc) is 3.21. The van der Waals surface area contributed by atoms with Crippen LogP contribution in [-0.2, 0) is 26.2 Å². The number of imide groups is 1. The minimum atomic E-state index is -3.71. The molecule has 0 radical (unpaired) electrons. The number of carbonyl (C=O) groups is 2. The molecule has 12 heteroatoms. The zero-order chi connectivity index (χ0) is 21.0. The first-order valence-electron chi connectivity index (χ1n) is 9.73. The van der Waals surface area contributed by atoms with Gasteiger partial charge in [-0.05, 0) is 19.3 Å².